The van der Waals surface area contributed by atoms with Crippen molar-refractivity contribution in [1.82, 2.24) is 24.6 Å². The van der Waals surface area contributed by atoms with Crippen molar-refractivity contribution in [2.75, 3.05) is 19.6 Å². The largest absolute Gasteiger partial charge is 0.339 e. The van der Waals surface area contributed by atoms with Crippen molar-refractivity contribution >= 4 is 11.8 Å². The predicted octanol–water partition coefficient (Wildman–Crippen LogP) is 3.34. The lowest BCUT2D eigenvalue weighted by Crippen LogP contribution is -2.59. The number of amides is 2. The summed E-state index contributed by atoms with van der Waals surface area (Å²) >= 11 is 0. The molecule has 1 aliphatic rings. The van der Waals surface area contributed by atoms with E-state index in [0.29, 0.717) is 32.5 Å². The van der Waals surface area contributed by atoms with Crippen LogP contribution in [0, 0.1) is 6.92 Å². The van der Waals surface area contributed by atoms with Crippen molar-refractivity contribution < 1.29 is 9.59 Å². The molecule has 0 bridgehead atoms. The Kier molecular flexibility index (Phi) is 7.17. The quantitative estimate of drug-likeness (QED) is 0.533. The minimum atomic E-state index is -0.482. The molecule has 1 atom stereocenters. The smallest absolute Gasteiger partial charge is 0.245 e. The van der Waals surface area contributed by atoms with E-state index < -0.39 is 6.04 Å². The number of piperazine rings is 1. The van der Waals surface area contributed by atoms with Gasteiger partial charge in [0.1, 0.15) is 6.04 Å². The molecule has 3 aromatic rings. The predicted molar refractivity (Wildman–Crippen MR) is 127 cm³/mol. The molecule has 33 heavy (non-hydrogen) atoms. The minimum Gasteiger partial charge on any atom is -0.339 e. The van der Waals surface area contributed by atoms with Crippen LogP contribution in [0.1, 0.15) is 31.0 Å². The van der Waals surface area contributed by atoms with Crippen LogP contribution in [0.25, 0.3) is 11.1 Å². The molecule has 7 nitrogen and oxygen atoms in total. The number of carbonyl (C=O) groups is 2. The Morgan fingerprint density at radius 1 is 1.03 bits per heavy atom. The van der Waals surface area contributed by atoms with E-state index in [2.05, 4.69) is 29.1 Å². The summed E-state index contributed by atoms with van der Waals surface area (Å²) in [5, 5.41) is 4.28. The van der Waals surface area contributed by atoms with Gasteiger partial charge in [0.2, 0.25) is 11.8 Å². The summed E-state index contributed by atoms with van der Waals surface area (Å²) in [5.74, 6) is 0.0470. The van der Waals surface area contributed by atoms with Crippen molar-refractivity contribution in [3.63, 3.8) is 0 Å². The molecule has 7 heteroatoms. The molecule has 0 saturated carbocycles. The van der Waals surface area contributed by atoms with Crippen LogP contribution in [0.15, 0.2) is 61.1 Å². The highest BCUT2D eigenvalue weighted by molar-refractivity contribution is 5.89. The molecule has 2 amide bonds. The number of hydrogen-bond acceptors (Lipinski definition) is 4. The van der Waals surface area contributed by atoms with Crippen molar-refractivity contribution in [1.29, 1.82) is 0 Å². The highest BCUT2D eigenvalue weighted by atomic mass is 16.2. The van der Waals surface area contributed by atoms with E-state index in [9.17, 15) is 9.59 Å². The van der Waals surface area contributed by atoms with Crippen LogP contribution in [-0.4, -0.2) is 62.1 Å². The van der Waals surface area contributed by atoms with Gasteiger partial charge in [-0.1, -0.05) is 31.2 Å². The van der Waals surface area contributed by atoms with Crippen LogP contribution in [0.3, 0.4) is 0 Å². The van der Waals surface area contributed by atoms with Crippen LogP contribution in [0.2, 0.25) is 0 Å². The zero-order valence-electron chi connectivity index (χ0n) is 19.4. The van der Waals surface area contributed by atoms with Crippen LogP contribution < -0.4 is 0 Å². The first-order valence-corrected chi connectivity index (χ1v) is 11.6. The van der Waals surface area contributed by atoms with Gasteiger partial charge in [0.05, 0.1) is 0 Å². The number of carbonyl (C=O) groups excluding carboxylic acids is 2. The minimum absolute atomic E-state index is 0.00434. The maximum absolute atomic E-state index is 13.4. The molecular formula is C26H31N5O2. The molecule has 0 N–H and O–H groups in total. The number of aryl methyl sites for hydroxylation is 2. The average Bonchev–Trinajstić information content (AvgIpc) is 3.25. The van der Waals surface area contributed by atoms with Gasteiger partial charge in [-0.2, -0.15) is 5.10 Å². The molecule has 0 radical (unpaired) electrons. The van der Waals surface area contributed by atoms with Gasteiger partial charge in [0.25, 0.3) is 0 Å². The fourth-order valence-electron chi connectivity index (χ4n) is 4.45. The van der Waals surface area contributed by atoms with Crippen LogP contribution in [0.4, 0.5) is 0 Å². The molecule has 0 unspecified atom stereocenters. The van der Waals surface area contributed by atoms with Crippen molar-refractivity contribution in [3.8, 4) is 11.1 Å². The van der Waals surface area contributed by atoms with E-state index in [4.69, 9.17) is 0 Å². The van der Waals surface area contributed by atoms with Gasteiger partial charge in [-0.05, 0) is 48.2 Å². The lowest BCUT2D eigenvalue weighted by Gasteiger charge is -2.41. The summed E-state index contributed by atoms with van der Waals surface area (Å²) in [6.45, 7) is 6.45. The number of benzene rings is 1. The van der Waals surface area contributed by atoms with E-state index in [1.807, 2.05) is 46.8 Å². The zero-order valence-corrected chi connectivity index (χ0v) is 19.4. The monoisotopic (exact) mass is 445 g/mol. The van der Waals surface area contributed by atoms with Crippen LogP contribution in [0.5, 0.6) is 0 Å². The normalized spacial score (nSPS) is 16.3. The van der Waals surface area contributed by atoms with E-state index in [1.54, 1.807) is 23.5 Å². The van der Waals surface area contributed by atoms with Gasteiger partial charge in [-0.3, -0.25) is 19.3 Å². The molecule has 1 aromatic carbocycles. The Bertz CT molecular complexity index is 1090. The highest BCUT2D eigenvalue weighted by Gasteiger charge is 2.36. The Morgan fingerprint density at radius 2 is 1.85 bits per heavy atom. The summed E-state index contributed by atoms with van der Waals surface area (Å²) < 4.78 is 1.83. The summed E-state index contributed by atoms with van der Waals surface area (Å²) in [6.07, 6.45) is 7.03. The summed E-state index contributed by atoms with van der Waals surface area (Å²) in [7, 11) is 0. The SMILES string of the molecule is CCCN1CCN(C(=O)CCn2nccc2C)[C@@H](Cc2cccc(-c3ccncc3)c2)C1=O. The molecular weight excluding hydrogens is 414 g/mol. The fraction of sp³-hybridized carbons (Fsp3) is 0.385. The Morgan fingerprint density at radius 3 is 2.58 bits per heavy atom. The van der Waals surface area contributed by atoms with Gasteiger partial charge in [-0.15, -0.1) is 0 Å². The number of nitrogens with zero attached hydrogens (tertiary/aromatic N) is 5. The van der Waals surface area contributed by atoms with Crippen molar-refractivity contribution in [3.05, 3.63) is 72.3 Å². The third-order valence-corrected chi connectivity index (χ3v) is 6.23. The molecule has 4 rings (SSSR count). The number of pyridine rings is 1. The Balaban J connectivity index is 1.54. The molecule has 0 spiro atoms. The Hall–Kier alpha value is -3.48. The second kappa shape index (κ2) is 10.4. The average molecular weight is 446 g/mol. The topological polar surface area (TPSA) is 71.3 Å². The number of rotatable bonds is 8. The van der Waals surface area contributed by atoms with E-state index in [1.165, 1.54) is 0 Å². The second-order valence-corrected chi connectivity index (χ2v) is 8.51. The van der Waals surface area contributed by atoms with Gasteiger partial charge >= 0.3 is 0 Å². The zero-order chi connectivity index (χ0) is 23.2. The standard InChI is InChI=1S/C26H31N5O2/c1-3-14-29-16-17-30(25(32)10-15-31-20(2)7-13-28-31)24(26(29)33)19-21-5-4-6-23(18-21)22-8-11-27-12-9-22/h4-9,11-13,18,24H,3,10,14-17,19H2,1-2H3/t24-/m0/s1. The van der Waals surface area contributed by atoms with Gasteiger partial charge in [0.15, 0.2) is 0 Å². The third kappa shape index (κ3) is 5.30. The molecule has 1 aliphatic heterocycles. The first-order chi connectivity index (χ1) is 16.1. The van der Waals surface area contributed by atoms with Gasteiger partial charge in [-0.25, -0.2) is 0 Å². The molecule has 3 heterocycles. The maximum Gasteiger partial charge on any atom is 0.245 e. The number of aromatic nitrogens is 3. The summed E-state index contributed by atoms with van der Waals surface area (Å²) in [6, 6.07) is 13.6. The lowest BCUT2D eigenvalue weighted by atomic mass is 9.97. The molecule has 0 aliphatic carbocycles. The third-order valence-electron chi connectivity index (χ3n) is 6.23. The lowest BCUT2D eigenvalue weighted by molar-refractivity contribution is -0.151. The maximum atomic E-state index is 13.4. The van der Waals surface area contributed by atoms with Crippen molar-refractivity contribution in [2.45, 2.75) is 45.7 Å². The van der Waals surface area contributed by atoms with Gasteiger partial charge < -0.3 is 9.80 Å². The summed E-state index contributed by atoms with van der Waals surface area (Å²) in [4.78, 5) is 34.4. The van der Waals surface area contributed by atoms with E-state index in [0.717, 1.165) is 35.3 Å². The van der Waals surface area contributed by atoms with E-state index in [-0.39, 0.29) is 11.8 Å². The molecule has 2 aromatic heterocycles. The molecule has 172 valence electrons. The van der Waals surface area contributed by atoms with E-state index >= 15 is 0 Å². The first-order valence-electron chi connectivity index (χ1n) is 11.6. The van der Waals surface area contributed by atoms with Crippen molar-refractivity contribution in [2.24, 2.45) is 0 Å². The van der Waals surface area contributed by atoms with Gasteiger partial charge in [0, 0.05) is 63.3 Å². The number of hydrogen-bond donors (Lipinski definition) is 0. The molecule has 1 saturated heterocycles. The summed E-state index contributed by atoms with van der Waals surface area (Å²) in [5.41, 5.74) is 4.23. The second-order valence-electron chi connectivity index (χ2n) is 8.51. The molecule has 1 fully saturated rings. The fourth-order valence-corrected chi connectivity index (χ4v) is 4.45. The highest BCUT2D eigenvalue weighted by Crippen LogP contribution is 2.23. The van der Waals surface area contributed by atoms with Crippen LogP contribution >= 0.6 is 0 Å². The van der Waals surface area contributed by atoms with Crippen LogP contribution in [-0.2, 0) is 22.6 Å². The first kappa shape index (κ1) is 22.7. The Labute approximate surface area is 195 Å².